The van der Waals surface area contributed by atoms with Gasteiger partial charge in [0.15, 0.2) is 5.78 Å². The summed E-state index contributed by atoms with van der Waals surface area (Å²) in [5.74, 6) is -0.107. The van der Waals surface area contributed by atoms with Crippen LogP contribution in [0, 0.1) is 6.92 Å². The Morgan fingerprint density at radius 1 is 1.35 bits per heavy atom. The van der Waals surface area contributed by atoms with Gasteiger partial charge in [0.2, 0.25) is 0 Å². The molecule has 0 atom stereocenters. The van der Waals surface area contributed by atoms with Crippen molar-refractivity contribution in [1.82, 2.24) is 14.9 Å². The van der Waals surface area contributed by atoms with Gasteiger partial charge < -0.3 is 9.88 Å². The molecule has 5 heteroatoms. The first-order chi connectivity index (χ1) is 11.0. The fourth-order valence-electron chi connectivity index (χ4n) is 2.86. The molecule has 0 spiro atoms. The Morgan fingerprint density at radius 2 is 2.09 bits per heavy atom. The molecule has 0 saturated carbocycles. The van der Waals surface area contributed by atoms with Crippen molar-refractivity contribution in [3.05, 3.63) is 52.6 Å². The number of carbonyl (C=O) groups excluding carboxylic acids is 2. The summed E-state index contributed by atoms with van der Waals surface area (Å²) in [7, 11) is 1.76. The first-order valence-corrected chi connectivity index (χ1v) is 7.82. The number of nitrogens with zero attached hydrogens (tertiary/aromatic N) is 2. The third-order valence-electron chi connectivity index (χ3n) is 3.85. The van der Waals surface area contributed by atoms with Crippen LogP contribution in [0.3, 0.4) is 0 Å². The van der Waals surface area contributed by atoms with E-state index >= 15 is 0 Å². The maximum Gasteiger partial charge on any atom is 0.270 e. The maximum absolute atomic E-state index is 12.8. The van der Waals surface area contributed by atoms with E-state index in [0.29, 0.717) is 24.2 Å². The van der Waals surface area contributed by atoms with Crippen molar-refractivity contribution in [3.63, 3.8) is 0 Å². The highest BCUT2D eigenvalue weighted by atomic mass is 16.2. The normalized spacial score (nSPS) is 10.6. The van der Waals surface area contributed by atoms with Crippen LogP contribution in [-0.4, -0.2) is 33.6 Å². The lowest BCUT2D eigenvalue weighted by molar-refractivity contribution is 0.0778. The van der Waals surface area contributed by atoms with E-state index in [0.717, 1.165) is 23.2 Å². The molecule has 0 fully saturated rings. The zero-order valence-electron chi connectivity index (χ0n) is 14.1. The van der Waals surface area contributed by atoms with Crippen molar-refractivity contribution < 1.29 is 9.59 Å². The number of pyridine rings is 1. The van der Waals surface area contributed by atoms with Crippen LogP contribution < -0.4 is 0 Å². The second-order valence-electron chi connectivity index (χ2n) is 5.81. The number of nitrogens with one attached hydrogen (secondary N) is 1. The minimum atomic E-state index is -0.104. The van der Waals surface area contributed by atoms with Gasteiger partial charge in [-0.25, -0.2) is 0 Å². The smallest absolute Gasteiger partial charge is 0.270 e. The lowest BCUT2D eigenvalue weighted by atomic mass is 10.0. The Labute approximate surface area is 136 Å². The molecule has 0 aliphatic heterocycles. The summed E-state index contributed by atoms with van der Waals surface area (Å²) >= 11 is 0. The van der Waals surface area contributed by atoms with E-state index in [4.69, 9.17) is 0 Å². The van der Waals surface area contributed by atoms with Crippen LogP contribution in [0.15, 0.2) is 24.5 Å². The number of aromatic nitrogens is 2. The molecule has 1 N–H and O–H groups in total. The van der Waals surface area contributed by atoms with Crippen LogP contribution in [0.4, 0.5) is 0 Å². The average Bonchev–Trinajstić information content (AvgIpc) is 2.84. The van der Waals surface area contributed by atoms with Gasteiger partial charge in [0, 0.05) is 37.2 Å². The predicted molar refractivity (Wildman–Crippen MR) is 89.6 cm³/mol. The van der Waals surface area contributed by atoms with Gasteiger partial charge in [0.1, 0.15) is 5.69 Å². The Hall–Kier alpha value is -2.43. The second-order valence-corrected chi connectivity index (χ2v) is 5.81. The number of rotatable bonds is 6. The molecule has 5 nitrogen and oxygen atoms in total. The minimum absolute atomic E-state index is 0.00355. The highest BCUT2D eigenvalue weighted by Crippen LogP contribution is 2.23. The van der Waals surface area contributed by atoms with E-state index in [-0.39, 0.29) is 11.7 Å². The summed E-state index contributed by atoms with van der Waals surface area (Å²) in [6, 6.07) is 3.79. The highest BCUT2D eigenvalue weighted by molar-refractivity contribution is 6.02. The summed E-state index contributed by atoms with van der Waals surface area (Å²) in [4.78, 5) is 33.5. The molecule has 23 heavy (non-hydrogen) atoms. The first kappa shape index (κ1) is 16.9. The summed E-state index contributed by atoms with van der Waals surface area (Å²) < 4.78 is 0. The average molecular weight is 313 g/mol. The summed E-state index contributed by atoms with van der Waals surface area (Å²) in [5.41, 5.74) is 3.75. The molecule has 122 valence electrons. The Morgan fingerprint density at radius 3 is 2.65 bits per heavy atom. The Bertz CT molecular complexity index is 705. The molecule has 0 saturated heterocycles. The predicted octanol–water partition coefficient (Wildman–Crippen LogP) is 3.15. The SMILES string of the molecule is CCCc1c(C(=O)N(C)Cc2cccnc2)[nH]c(C)c1C(C)=O. The zero-order chi connectivity index (χ0) is 17.0. The molecule has 0 aromatic carbocycles. The molecule has 2 aromatic heterocycles. The lowest BCUT2D eigenvalue weighted by Gasteiger charge is -2.17. The molecule has 0 bridgehead atoms. The molecular weight excluding hydrogens is 290 g/mol. The quantitative estimate of drug-likeness (QED) is 0.833. The van der Waals surface area contributed by atoms with Gasteiger partial charge in [0.05, 0.1) is 0 Å². The number of hydrogen-bond donors (Lipinski definition) is 1. The molecule has 0 unspecified atom stereocenters. The van der Waals surface area contributed by atoms with E-state index in [2.05, 4.69) is 9.97 Å². The van der Waals surface area contributed by atoms with Gasteiger partial charge in [-0.05, 0) is 37.5 Å². The van der Waals surface area contributed by atoms with Crippen molar-refractivity contribution in [2.24, 2.45) is 0 Å². The van der Waals surface area contributed by atoms with E-state index in [1.807, 2.05) is 26.0 Å². The van der Waals surface area contributed by atoms with Crippen molar-refractivity contribution in [1.29, 1.82) is 0 Å². The van der Waals surface area contributed by atoms with Crippen LogP contribution >= 0.6 is 0 Å². The Kier molecular flexibility index (Phi) is 5.32. The van der Waals surface area contributed by atoms with Crippen LogP contribution in [0.25, 0.3) is 0 Å². The van der Waals surface area contributed by atoms with Crippen LogP contribution in [0.1, 0.15) is 57.9 Å². The molecule has 0 radical (unpaired) electrons. The fourth-order valence-corrected chi connectivity index (χ4v) is 2.86. The number of amides is 1. The zero-order valence-corrected chi connectivity index (χ0v) is 14.1. The van der Waals surface area contributed by atoms with Crippen molar-refractivity contribution in [2.75, 3.05) is 7.05 Å². The molecule has 2 rings (SSSR count). The molecule has 2 heterocycles. The second kappa shape index (κ2) is 7.22. The molecule has 0 aliphatic carbocycles. The van der Waals surface area contributed by atoms with Gasteiger partial charge >= 0.3 is 0 Å². The van der Waals surface area contributed by atoms with Crippen LogP contribution in [-0.2, 0) is 13.0 Å². The fraction of sp³-hybridized carbons (Fsp3) is 0.389. The third-order valence-corrected chi connectivity index (χ3v) is 3.85. The Balaban J connectivity index is 2.31. The van der Waals surface area contributed by atoms with Crippen LogP contribution in [0.2, 0.25) is 0 Å². The highest BCUT2D eigenvalue weighted by Gasteiger charge is 2.24. The number of H-pyrrole nitrogens is 1. The number of ketones is 1. The molecule has 1 amide bonds. The van der Waals surface area contributed by atoms with E-state index < -0.39 is 0 Å². The molecule has 2 aromatic rings. The van der Waals surface area contributed by atoms with Gasteiger partial charge in [0.25, 0.3) is 5.91 Å². The lowest BCUT2D eigenvalue weighted by Crippen LogP contribution is -2.27. The van der Waals surface area contributed by atoms with Crippen LogP contribution in [0.5, 0.6) is 0 Å². The van der Waals surface area contributed by atoms with Gasteiger partial charge in [-0.15, -0.1) is 0 Å². The number of aryl methyl sites for hydroxylation is 1. The molecular formula is C18H23N3O2. The van der Waals surface area contributed by atoms with E-state index in [9.17, 15) is 9.59 Å². The first-order valence-electron chi connectivity index (χ1n) is 7.82. The number of carbonyl (C=O) groups is 2. The summed E-state index contributed by atoms with van der Waals surface area (Å²) in [5, 5.41) is 0. The standard InChI is InChI=1S/C18H23N3O2/c1-5-7-15-16(13(3)22)12(2)20-17(15)18(23)21(4)11-14-8-6-9-19-10-14/h6,8-10,20H,5,7,11H2,1-4H3. The van der Waals surface area contributed by atoms with E-state index in [1.54, 1.807) is 31.3 Å². The summed E-state index contributed by atoms with van der Waals surface area (Å²) in [6.45, 7) is 5.91. The topological polar surface area (TPSA) is 66.1 Å². The number of aromatic amines is 1. The minimum Gasteiger partial charge on any atom is -0.354 e. The van der Waals surface area contributed by atoms with Crippen molar-refractivity contribution in [3.8, 4) is 0 Å². The molecule has 0 aliphatic rings. The number of hydrogen-bond acceptors (Lipinski definition) is 3. The van der Waals surface area contributed by atoms with E-state index in [1.165, 1.54) is 0 Å². The monoisotopic (exact) mass is 313 g/mol. The number of Topliss-reactive ketones (excluding diaryl/α,β-unsaturated/α-hetero) is 1. The van der Waals surface area contributed by atoms with Gasteiger partial charge in [-0.1, -0.05) is 19.4 Å². The van der Waals surface area contributed by atoms with Crippen molar-refractivity contribution in [2.45, 2.75) is 40.2 Å². The third kappa shape index (κ3) is 3.67. The van der Waals surface area contributed by atoms with Crippen molar-refractivity contribution >= 4 is 11.7 Å². The largest absolute Gasteiger partial charge is 0.354 e. The summed E-state index contributed by atoms with van der Waals surface area (Å²) in [6.07, 6.45) is 5.04. The van der Waals surface area contributed by atoms with Gasteiger partial charge in [-0.3, -0.25) is 14.6 Å². The van der Waals surface area contributed by atoms with Gasteiger partial charge in [-0.2, -0.15) is 0 Å². The maximum atomic E-state index is 12.8.